The highest BCUT2D eigenvalue weighted by molar-refractivity contribution is 6.30. The van der Waals surface area contributed by atoms with Crippen molar-refractivity contribution in [1.29, 1.82) is 0 Å². The van der Waals surface area contributed by atoms with Gasteiger partial charge in [-0.1, -0.05) is 35.9 Å². The molecule has 0 aliphatic heterocycles. The van der Waals surface area contributed by atoms with Crippen LogP contribution in [0.4, 0.5) is 5.69 Å². The standard InChI is InChI=1S/C16H19ClN2/c1-12(18)14-5-9-16(10-6-14)19(2)11-13-3-7-15(17)8-4-13/h3-10,12H,11,18H2,1-2H3. The van der Waals surface area contributed by atoms with Crippen LogP contribution in [0, 0.1) is 0 Å². The molecular formula is C16H19ClN2. The van der Waals surface area contributed by atoms with Gasteiger partial charge in [0.15, 0.2) is 0 Å². The summed E-state index contributed by atoms with van der Waals surface area (Å²) in [7, 11) is 2.08. The molecule has 2 rings (SSSR count). The molecular weight excluding hydrogens is 256 g/mol. The van der Waals surface area contributed by atoms with Crippen LogP contribution in [0.25, 0.3) is 0 Å². The largest absolute Gasteiger partial charge is 0.370 e. The number of rotatable bonds is 4. The summed E-state index contributed by atoms with van der Waals surface area (Å²) < 4.78 is 0. The fraction of sp³-hybridized carbons (Fsp3) is 0.250. The van der Waals surface area contributed by atoms with Crippen LogP contribution < -0.4 is 10.6 Å². The van der Waals surface area contributed by atoms with E-state index < -0.39 is 0 Å². The molecule has 0 saturated heterocycles. The molecule has 2 N–H and O–H groups in total. The van der Waals surface area contributed by atoms with E-state index in [-0.39, 0.29) is 6.04 Å². The molecule has 19 heavy (non-hydrogen) atoms. The molecule has 0 saturated carbocycles. The summed E-state index contributed by atoms with van der Waals surface area (Å²) in [6.45, 7) is 2.85. The van der Waals surface area contributed by atoms with E-state index in [4.69, 9.17) is 17.3 Å². The maximum atomic E-state index is 5.89. The Bertz CT molecular complexity index is 517. The van der Waals surface area contributed by atoms with Crippen LogP contribution in [0.15, 0.2) is 48.5 Å². The molecule has 100 valence electrons. The lowest BCUT2D eigenvalue weighted by atomic mass is 10.1. The van der Waals surface area contributed by atoms with Gasteiger partial charge in [0.1, 0.15) is 0 Å². The van der Waals surface area contributed by atoms with Gasteiger partial charge in [-0.05, 0) is 42.3 Å². The lowest BCUT2D eigenvalue weighted by molar-refractivity contribution is 0.817. The van der Waals surface area contributed by atoms with E-state index in [9.17, 15) is 0 Å². The van der Waals surface area contributed by atoms with E-state index in [1.54, 1.807) is 0 Å². The number of hydrogen-bond acceptors (Lipinski definition) is 2. The predicted octanol–water partition coefficient (Wildman–Crippen LogP) is 4.00. The van der Waals surface area contributed by atoms with Crippen molar-refractivity contribution in [2.45, 2.75) is 19.5 Å². The van der Waals surface area contributed by atoms with E-state index in [1.807, 2.05) is 19.1 Å². The zero-order valence-corrected chi connectivity index (χ0v) is 12.1. The van der Waals surface area contributed by atoms with Gasteiger partial charge in [0.2, 0.25) is 0 Å². The first-order valence-corrected chi connectivity index (χ1v) is 6.75. The number of halogens is 1. The van der Waals surface area contributed by atoms with Crippen molar-refractivity contribution in [3.63, 3.8) is 0 Å². The first-order chi connectivity index (χ1) is 9.06. The fourth-order valence-electron chi connectivity index (χ4n) is 1.99. The van der Waals surface area contributed by atoms with Gasteiger partial charge in [0.05, 0.1) is 0 Å². The normalized spacial score (nSPS) is 12.2. The molecule has 2 aromatic rings. The van der Waals surface area contributed by atoms with Crippen molar-refractivity contribution in [3.05, 3.63) is 64.7 Å². The summed E-state index contributed by atoms with van der Waals surface area (Å²) in [5, 5.41) is 0.771. The molecule has 0 aliphatic rings. The van der Waals surface area contributed by atoms with Gasteiger partial charge in [-0.25, -0.2) is 0 Å². The molecule has 0 aliphatic carbocycles. The van der Waals surface area contributed by atoms with Crippen LogP contribution >= 0.6 is 11.6 Å². The molecule has 0 radical (unpaired) electrons. The van der Waals surface area contributed by atoms with Crippen LogP contribution in [0.3, 0.4) is 0 Å². The first kappa shape index (κ1) is 13.9. The Balaban J connectivity index is 2.07. The zero-order chi connectivity index (χ0) is 13.8. The Kier molecular flexibility index (Phi) is 4.46. The monoisotopic (exact) mass is 274 g/mol. The third-order valence-corrected chi connectivity index (χ3v) is 3.44. The molecule has 0 amide bonds. The minimum absolute atomic E-state index is 0.0793. The average molecular weight is 275 g/mol. The Morgan fingerprint density at radius 1 is 1.05 bits per heavy atom. The van der Waals surface area contributed by atoms with Crippen molar-refractivity contribution in [2.24, 2.45) is 5.73 Å². The van der Waals surface area contributed by atoms with E-state index >= 15 is 0 Å². The van der Waals surface area contributed by atoms with Crippen LogP contribution in [0.5, 0.6) is 0 Å². The van der Waals surface area contributed by atoms with Crippen molar-refractivity contribution in [1.82, 2.24) is 0 Å². The minimum Gasteiger partial charge on any atom is -0.370 e. The molecule has 0 aromatic heterocycles. The van der Waals surface area contributed by atoms with Gasteiger partial charge in [-0.2, -0.15) is 0 Å². The van der Waals surface area contributed by atoms with E-state index in [0.717, 1.165) is 17.1 Å². The Morgan fingerprint density at radius 2 is 1.63 bits per heavy atom. The average Bonchev–Trinajstić information content (AvgIpc) is 2.41. The smallest absolute Gasteiger partial charge is 0.0426 e. The van der Waals surface area contributed by atoms with Crippen LogP contribution in [-0.4, -0.2) is 7.05 Å². The topological polar surface area (TPSA) is 29.3 Å². The molecule has 0 spiro atoms. The summed E-state index contributed by atoms with van der Waals surface area (Å²) in [4.78, 5) is 2.20. The fourth-order valence-corrected chi connectivity index (χ4v) is 2.11. The first-order valence-electron chi connectivity index (χ1n) is 6.37. The summed E-state index contributed by atoms with van der Waals surface area (Å²) in [6.07, 6.45) is 0. The molecule has 2 aromatic carbocycles. The van der Waals surface area contributed by atoms with E-state index in [1.165, 1.54) is 11.3 Å². The second-order valence-electron chi connectivity index (χ2n) is 4.86. The van der Waals surface area contributed by atoms with Crippen molar-refractivity contribution < 1.29 is 0 Å². The second kappa shape index (κ2) is 6.09. The van der Waals surface area contributed by atoms with Crippen LogP contribution in [0.1, 0.15) is 24.1 Å². The van der Waals surface area contributed by atoms with Gasteiger partial charge >= 0.3 is 0 Å². The minimum atomic E-state index is 0.0793. The van der Waals surface area contributed by atoms with E-state index in [2.05, 4.69) is 48.3 Å². The summed E-state index contributed by atoms with van der Waals surface area (Å²) in [5.41, 5.74) is 9.43. The maximum Gasteiger partial charge on any atom is 0.0426 e. The summed E-state index contributed by atoms with van der Waals surface area (Å²) >= 11 is 5.89. The highest BCUT2D eigenvalue weighted by Crippen LogP contribution is 2.19. The molecule has 1 atom stereocenters. The van der Waals surface area contributed by atoms with Gasteiger partial charge < -0.3 is 10.6 Å². The second-order valence-corrected chi connectivity index (χ2v) is 5.30. The number of nitrogens with two attached hydrogens (primary N) is 1. The van der Waals surface area contributed by atoms with Gasteiger partial charge in [-0.15, -0.1) is 0 Å². The zero-order valence-electron chi connectivity index (χ0n) is 11.3. The molecule has 1 unspecified atom stereocenters. The summed E-state index contributed by atoms with van der Waals surface area (Å²) in [6, 6.07) is 16.4. The molecule has 3 heteroatoms. The summed E-state index contributed by atoms with van der Waals surface area (Å²) in [5.74, 6) is 0. The van der Waals surface area contributed by atoms with Gasteiger partial charge in [0.25, 0.3) is 0 Å². The van der Waals surface area contributed by atoms with Gasteiger partial charge in [-0.3, -0.25) is 0 Å². The Morgan fingerprint density at radius 3 is 2.16 bits per heavy atom. The lowest BCUT2D eigenvalue weighted by Crippen LogP contribution is -2.16. The Hall–Kier alpha value is -1.51. The number of hydrogen-bond donors (Lipinski definition) is 1. The van der Waals surface area contributed by atoms with Gasteiger partial charge in [0, 0.05) is 30.3 Å². The highest BCUT2D eigenvalue weighted by atomic mass is 35.5. The SMILES string of the molecule is CC(N)c1ccc(N(C)Cc2ccc(Cl)cc2)cc1. The van der Waals surface area contributed by atoms with Crippen LogP contribution in [0.2, 0.25) is 5.02 Å². The quantitative estimate of drug-likeness (QED) is 0.913. The number of nitrogens with zero attached hydrogens (tertiary/aromatic N) is 1. The molecule has 0 fully saturated rings. The third kappa shape index (κ3) is 3.72. The predicted molar refractivity (Wildman–Crippen MR) is 82.6 cm³/mol. The van der Waals surface area contributed by atoms with Crippen LogP contribution in [-0.2, 0) is 6.54 Å². The van der Waals surface area contributed by atoms with Crippen molar-refractivity contribution in [2.75, 3.05) is 11.9 Å². The Labute approximate surface area is 119 Å². The molecule has 2 nitrogen and oxygen atoms in total. The van der Waals surface area contributed by atoms with E-state index in [0.29, 0.717) is 0 Å². The molecule has 0 heterocycles. The lowest BCUT2D eigenvalue weighted by Gasteiger charge is -2.20. The highest BCUT2D eigenvalue weighted by Gasteiger charge is 2.04. The third-order valence-electron chi connectivity index (χ3n) is 3.19. The van der Waals surface area contributed by atoms with Crippen molar-refractivity contribution >= 4 is 17.3 Å². The maximum absolute atomic E-state index is 5.89. The molecule has 0 bridgehead atoms. The number of anilines is 1. The van der Waals surface area contributed by atoms with Crippen molar-refractivity contribution in [3.8, 4) is 0 Å². The number of benzene rings is 2.